The molecule has 126 valence electrons. The number of phenolic OH excluding ortho intramolecular Hbond substituents is 1. The van der Waals surface area contributed by atoms with Gasteiger partial charge in [-0.3, -0.25) is 4.90 Å². The summed E-state index contributed by atoms with van der Waals surface area (Å²) in [6.45, 7) is 5.88. The molecule has 2 aliphatic rings. The van der Waals surface area contributed by atoms with Gasteiger partial charge in [0.05, 0.1) is 32.6 Å². The summed E-state index contributed by atoms with van der Waals surface area (Å²) in [6, 6.07) is 6.10. The van der Waals surface area contributed by atoms with Crippen molar-refractivity contribution in [3.8, 4) is 11.5 Å². The third kappa shape index (κ3) is 3.49. The molecule has 1 saturated heterocycles. The van der Waals surface area contributed by atoms with Crippen LogP contribution in [0.15, 0.2) is 18.2 Å². The van der Waals surface area contributed by atoms with Crippen molar-refractivity contribution in [2.75, 3.05) is 46.2 Å². The molecule has 0 saturated carbocycles. The smallest absolute Gasteiger partial charge is 0.224 e. The first-order chi connectivity index (χ1) is 11.1. The maximum atomic E-state index is 9.77. The standard InChI is InChI=1S/C17H24N2O3S/c1-12-10-22-7-6-19(12)9-14-11-23-17(18(14)2)13-4-5-15(20)16(8-13)21-3/h4-5,8,12,17H,6-7,9-11H2,1-3H3/p+1. The van der Waals surface area contributed by atoms with Gasteiger partial charge in [0.15, 0.2) is 17.2 Å². The van der Waals surface area contributed by atoms with E-state index in [1.165, 1.54) is 5.71 Å². The molecule has 0 aromatic heterocycles. The van der Waals surface area contributed by atoms with Crippen LogP contribution >= 0.6 is 11.8 Å². The zero-order chi connectivity index (χ0) is 16.4. The molecule has 0 aliphatic carbocycles. The lowest BCUT2D eigenvalue weighted by Crippen LogP contribution is -2.47. The highest BCUT2D eigenvalue weighted by Gasteiger charge is 2.34. The fraction of sp³-hybridized carbons (Fsp3) is 0.588. The molecule has 1 N–H and O–H groups in total. The summed E-state index contributed by atoms with van der Waals surface area (Å²) in [5.41, 5.74) is 2.61. The summed E-state index contributed by atoms with van der Waals surface area (Å²) in [5, 5.41) is 10.0. The van der Waals surface area contributed by atoms with Gasteiger partial charge in [-0.2, -0.15) is 0 Å². The van der Waals surface area contributed by atoms with E-state index < -0.39 is 0 Å². The van der Waals surface area contributed by atoms with Crippen molar-refractivity contribution >= 4 is 17.5 Å². The summed E-state index contributed by atoms with van der Waals surface area (Å²) in [6.07, 6.45) is 0. The SMILES string of the molecule is COc1cc(C2SCC(CN3CCOCC3C)=[N+]2C)ccc1O. The Bertz CT molecular complexity index is 606. The Morgan fingerprint density at radius 1 is 1.48 bits per heavy atom. The van der Waals surface area contributed by atoms with Gasteiger partial charge in [0, 0.05) is 18.2 Å². The van der Waals surface area contributed by atoms with E-state index in [-0.39, 0.29) is 11.1 Å². The summed E-state index contributed by atoms with van der Waals surface area (Å²) in [5.74, 6) is 1.76. The molecule has 6 heteroatoms. The molecule has 2 atom stereocenters. The van der Waals surface area contributed by atoms with Gasteiger partial charge in [-0.05, 0) is 25.1 Å². The first kappa shape index (κ1) is 16.6. The van der Waals surface area contributed by atoms with E-state index in [1.807, 2.05) is 23.9 Å². The minimum atomic E-state index is 0.188. The highest BCUT2D eigenvalue weighted by atomic mass is 32.2. The lowest BCUT2D eigenvalue weighted by molar-refractivity contribution is -0.515. The van der Waals surface area contributed by atoms with Crippen LogP contribution in [0.4, 0.5) is 0 Å². The van der Waals surface area contributed by atoms with Gasteiger partial charge in [0.2, 0.25) is 5.37 Å². The second-order valence-corrected chi connectivity index (χ2v) is 7.23. The highest BCUT2D eigenvalue weighted by molar-refractivity contribution is 8.00. The van der Waals surface area contributed by atoms with E-state index in [1.54, 1.807) is 13.2 Å². The molecule has 1 aromatic rings. The molecule has 23 heavy (non-hydrogen) atoms. The molecule has 2 aliphatic heterocycles. The van der Waals surface area contributed by atoms with E-state index in [4.69, 9.17) is 9.47 Å². The van der Waals surface area contributed by atoms with Gasteiger partial charge in [0.1, 0.15) is 7.05 Å². The fourth-order valence-electron chi connectivity index (χ4n) is 3.11. The van der Waals surface area contributed by atoms with E-state index in [9.17, 15) is 5.11 Å². The van der Waals surface area contributed by atoms with Crippen LogP contribution < -0.4 is 4.74 Å². The molecule has 1 aromatic carbocycles. The second kappa shape index (κ2) is 7.11. The van der Waals surface area contributed by atoms with Crippen LogP contribution in [-0.4, -0.2) is 72.5 Å². The minimum absolute atomic E-state index is 0.188. The quantitative estimate of drug-likeness (QED) is 0.851. The van der Waals surface area contributed by atoms with Crippen molar-refractivity contribution in [1.29, 1.82) is 0 Å². The number of ether oxygens (including phenoxy) is 2. The van der Waals surface area contributed by atoms with Crippen molar-refractivity contribution in [3.63, 3.8) is 0 Å². The van der Waals surface area contributed by atoms with E-state index in [0.29, 0.717) is 11.8 Å². The number of benzene rings is 1. The Hall–Kier alpha value is -1.24. The van der Waals surface area contributed by atoms with Crippen molar-refractivity contribution in [2.24, 2.45) is 0 Å². The Balaban J connectivity index is 1.76. The number of nitrogens with zero attached hydrogens (tertiary/aromatic N) is 2. The lowest BCUT2D eigenvalue weighted by Gasteiger charge is -2.32. The molecule has 3 rings (SSSR count). The molecule has 0 bridgehead atoms. The zero-order valence-electron chi connectivity index (χ0n) is 14.0. The Kier molecular flexibility index (Phi) is 5.14. The first-order valence-electron chi connectivity index (χ1n) is 7.98. The monoisotopic (exact) mass is 337 g/mol. The van der Waals surface area contributed by atoms with Crippen LogP contribution in [0.1, 0.15) is 17.9 Å². The Morgan fingerprint density at radius 3 is 3.04 bits per heavy atom. The molecule has 1 fully saturated rings. The van der Waals surface area contributed by atoms with Gasteiger partial charge in [-0.1, -0.05) is 11.8 Å². The van der Waals surface area contributed by atoms with Gasteiger partial charge in [-0.25, -0.2) is 4.58 Å². The van der Waals surface area contributed by atoms with E-state index >= 15 is 0 Å². The van der Waals surface area contributed by atoms with Gasteiger partial charge < -0.3 is 14.6 Å². The number of hydrogen-bond acceptors (Lipinski definition) is 5. The lowest BCUT2D eigenvalue weighted by atomic mass is 10.2. The maximum absolute atomic E-state index is 9.77. The molecular formula is C17H25N2O3S+. The average Bonchev–Trinajstić information content (AvgIpc) is 2.91. The predicted octanol–water partition coefficient (Wildman–Crippen LogP) is 1.95. The molecular weight excluding hydrogens is 312 g/mol. The van der Waals surface area contributed by atoms with Crippen LogP contribution in [0.3, 0.4) is 0 Å². The molecule has 2 heterocycles. The maximum Gasteiger partial charge on any atom is 0.224 e. The number of rotatable bonds is 4. The van der Waals surface area contributed by atoms with Gasteiger partial charge in [-0.15, -0.1) is 0 Å². The zero-order valence-corrected chi connectivity index (χ0v) is 14.8. The van der Waals surface area contributed by atoms with Crippen LogP contribution in [-0.2, 0) is 4.74 Å². The highest BCUT2D eigenvalue weighted by Crippen LogP contribution is 2.38. The van der Waals surface area contributed by atoms with Crippen molar-refractivity contribution in [3.05, 3.63) is 23.8 Å². The van der Waals surface area contributed by atoms with E-state index in [0.717, 1.165) is 37.6 Å². The fourth-order valence-corrected chi connectivity index (χ4v) is 4.47. The van der Waals surface area contributed by atoms with Crippen molar-refractivity contribution in [1.82, 2.24) is 4.90 Å². The normalized spacial score (nSPS) is 25.9. The Labute approximate surface area is 141 Å². The number of methoxy groups -OCH3 is 1. The number of phenols is 1. The number of hydrogen-bond donors (Lipinski definition) is 1. The van der Waals surface area contributed by atoms with Gasteiger partial charge >= 0.3 is 0 Å². The molecule has 5 nitrogen and oxygen atoms in total. The van der Waals surface area contributed by atoms with Crippen molar-refractivity contribution in [2.45, 2.75) is 18.3 Å². The van der Waals surface area contributed by atoms with E-state index in [2.05, 4.69) is 23.4 Å². The largest absolute Gasteiger partial charge is 0.504 e. The predicted molar refractivity (Wildman–Crippen MR) is 92.9 cm³/mol. The third-order valence-electron chi connectivity index (χ3n) is 4.64. The number of aromatic hydroxyl groups is 1. The van der Waals surface area contributed by atoms with Crippen LogP contribution in [0.2, 0.25) is 0 Å². The number of morpholine rings is 1. The second-order valence-electron chi connectivity index (χ2n) is 6.17. The summed E-state index contributed by atoms with van der Waals surface area (Å²) in [4.78, 5) is 2.50. The number of thioether (sulfide) groups is 1. The van der Waals surface area contributed by atoms with Crippen LogP contribution in [0.5, 0.6) is 11.5 Å². The first-order valence-corrected chi connectivity index (χ1v) is 9.03. The molecule has 0 spiro atoms. The topological polar surface area (TPSA) is 44.9 Å². The van der Waals surface area contributed by atoms with Crippen LogP contribution in [0, 0.1) is 0 Å². The summed E-state index contributed by atoms with van der Waals surface area (Å²) >= 11 is 1.92. The van der Waals surface area contributed by atoms with Gasteiger partial charge in [0.25, 0.3) is 0 Å². The Morgan fingerprint density at radius 2 is 2.30 bits per heavy atom. The summed E-state index contributed by atoms with van der Waals surface area (Å²) < 4.78 is 13.1. The molecule has 0 amide bonds. The third-order valence-corrected chi connectivity index (χ3v) is 6.04. The van der Waals surface area contributed by atoms with Crippen molar-refractivity contribution < 1.29 is 19.2 Å². The average molecular weight is 337 g/mol. The minimum Gasteiger partial charge on any atom is -0.504 e. The molecule has 0 radical (unpaired) electrons. The summed E-state index contributed by atoms with van der Waals surface area (Å²) in [7, 11) is 3.74. The molecule has 2 unspecified atom stereocenters. The van der Waals surface area contributed by atoms with Crippen LogP contribution in [0.25, 0.3) is 0 Å².